The van der Waals surface area contributed by atoms with Crippen LogP contribution in [0.1, 0.15) is 42.3 Å². The van der Waals surface area contributed by atoms with E-state index in [1.165, 1.54) is 0 Å². The second kappa shape index (κ2) is 10.4. The highest BCUT2D eigenvalue weighted by atomic mass is 35.5. The zero-order valence-corrected chi connectivity index (χ0v) is 18.9. The van der Waals surface area contributed by atoms with Crippen LogP contribution >= 0.6 is 11.6 Å². The van der Waals surface area contributed by atoms with Crippen molar-refractivity contribution in [2.75, 3.05) is 13.2 Å². The molecule has 3 aromatic carbocycles. The number of amides is 1. The first-order chi connectivity index (χ1) is 14.8. The first-order valence-electron chi connectivity index (χ1n) is 10.3. The highest BCUT2D eigenvalue weighted by Crippen LogP contribution is 2.30. The molecule has 0 atom stereocenters. The Balaban J connectivity index is 1.47. The molecule has 0 radical (unpaired) electrons. The van der Waals surface area contributed by atoms with Crippen molar-refractivity contribution in [2.24, 2.45) is 0 Å². The Morgan fingerprint density at radius 1 is 0.903 bits per heavy atom. The van der Waals surface area contributed by atoms with Gasteiger partial charge in [0.15, 0.2) is 0 Å². The van der Waals surface area contributed by atoms with Crippen molar-refractivity contribution >= 4 is 17.5 Å². The molecule has 5 heteroatoms. The molecule has 1 N–H and O–H groups in total. The predicted molar refractivity (Wildman–Crippen MR) is 125 cm³/mol. The smallest absolute Gasteiger partial charge is 0.251 e. The lowest BCUT2D eigenvalue weighted by atomic mass is 9.86. The van der Waals surface area contributed by atoms with E-state index in [4.69, 9.17) is 21.1 Å². The van der Waals surface area contributed by atoms with E-state index in [0.29, 0.717) is 36.1 Å². The van der Waals surface area contributed by atoms with Gasteiger partial charge in [-0.3, -0.25) is 4.79 Å². The van der Waals surface area contributed by atoms with E-state index in [1.54, 1.807) is 24.3 Å². The van der Waals surface area contributed by atoms with Crippen LogP contribution in [0.25, 0.3) is 0 Å². The maximum Gasteiger partial charge on any atom is 0.251 e. The van der Waals surface area contributed by atoms with Crippen LogP contribution in [0.5, 0.6) is 11.5 Å². The van der Waals surface area contributed by atoms with Gasteiger partial charge in [0.2, 0.25) is 0 Å². The van der Waals surface area contributed by atoms with Crippen LogP contribution in [0.3, 0.4) is 0 Å². The van der Waals surface area contributed by atoms with Gasteiger partial charge in [0.1, 0.15) is 24.7 Å². The maximum absolute atomic E-state index is 12.4. The predicted octanol–water partition coefficient (Wildman–Crippen LogP) is 6.03. The van der Waals surface area contributed by atoms with Gasteiger partial charge >= 0.3 is 0 Å². The van der Waals surface area contributed by atoms with Crippen molar-refractivity contribution in [1.29, 1.82) is 0 Å². The molecule has 31 heavy (non-hydrogen) atoms. The zero-order valence-electron chi connectivity index (χ0n) is 18.2. The van der Waals surface area contributed by atoms with Crippen molar-refractivity contribution < 1.29 is 14.3 Å². The summed E-state index contributed by atoms with van der Waals surface area (Å²) in [6.07, 6.45) is 0. The fraction of sp³-hybridized carbons (Fsp3) is 0.269. The summed E-state index contributed by atoms with van der Waals surface area (Å²) >= 11 is 6.14. The third-order valence-corrected chi connectivity index (χ3v) is 5.18. The number of rotatable bonds is 8. The van der Waals surface area contributed by atoms with Crippen molar-refractivity contribution in [2.45, 2.75) is 32.8 Å². The van der Waals surface area contributed by atoms with Gasteiger partial charge in [0, 0.05) is 16.1 Å². The Labute approximate surface area is 189 Å². The first-order valence-corrected chi connectivity index (χ1v) is 10.7. The minimum Gasteiger partial charge on any atom is -0.491 e. The molecule has 0 saturated heterocycles. The fourth-order valence-corrected chi connectivity index (χ4v) is 3.31. The molecule has 3 aromatic rings. The lowest BCUT2D eigenvalue weighted by molar-refractivity contribution is 0.0946. The van der Waals surface area contributed by atoms with Gasteiger partial charge in [0.25, 0.3) is 5.91 Å². The van der Waals surface area contributed by atoms with Crippen LogP contribution in [-0.2, 0) is 12.0 Å². The lowest BCUT2D eigenvalue weighted by Crippen LogP contribution is -2.28. The van der Waals surface area contributed by atoms with E-state index >= 15 is 0 Å². The minimum atomic E-state index is -0.148. The molecule has 4 nitrogen and oxygen atoms in total. The van der Waals surface area contributed by atoms with Crippen molar-refractivity contribution in [3.05, 3.63) is 94.5 Å². The second-order valence-corrected chi connectivity index (χ2v) is 8.66. The molecule has 162 valence electrons. The van der Waals surface area contributed by atoms with Gasteiger partial charge in [-0.15, -0.1) is 0 Å². The Bertz CT molecular complexity index is 1010. The van der Waals surface area contributed by atoms with Crippen molar-refractivity contribution in [3.63, 3.8) is 0 Å². The maximum atomic E-state index is 12.4. The molecule has 0 aliphatic carbocycles. The van der Waals surface area contributed by atoms with Crippen LogP contribution in [0, 0.1) is 0 Å². The number of carbonyl (C=O) groups is 1. The molecule has 0 unspecified atom stereocenters. The summed E-state index contributed by atoms with van der Waals surface area (Å²) in [5.41, 5.74) is 2.63. The van der Waals surface area contributed by atoms with E-state index in [1.807, 2.05) is 42.5 Å². The fourth-order valence-electron chi connectivity index (χ4n) is 3.12. The van der Waals surface area contributed by atoms with E-state index in [-0.39, 0.29) is 11.3 Å². The van der Waals surface area contributed by atoms with Crippen molar-refractivity contribution in [1.82, 2.24) is 5.32 Å². The van der Waals surface area contributed by atoms with Gasteiger partial charge in [-0.1, -0.05) is 68.8 Å². The molecule has 0 saturated carbocycles. The molecule has 0 fully saturated rings. The van der Waals surface area contributed by atoms with Crippen LogP contribution in [0.15, 0.2) is 72.8 Å². The Morgan fingerprint density at radius 3 is 2.29 bits per heavy atom. The largest absolute Gasteiger partial charge is 0.491 e. The van der Waals surface area contributed by atoms with Gasteiger partial charge in [-0.2, -0.15) is 0 Å². The van der Waals surface area contributed by atoms with E-state index in [9.17, 15) is 4.79 Å². The SMILES string of the molecule is CC(C)(C)c1ccccc1OCCNC(=O)c1ccc(OCc2ccccc2Cl)cc1. The number of para-hydroxylation sites is 1. The van der Waals surface area contributed by atoms with Crippen LogP contribution < -0.4 is 14.8 Å². The molecule has 0 spiro atoms. The Morgan fingerprint density at radius 2 is 1.58 bits per heavy atom. The van der Waals surface area contributed by atoms with Crippen LogP contribution in [-0.4, -0.2) is 19.1 Å². The number of halogens is 1. The average Bonchev–Trinajstić information content (AvgIpc) is 2.76. The number of carbonyl (C=O) groups excluding carboxylic acids is 1. The molecular formula is C26H28ClNO3. The number of ether oxygens (including phenoxy) is 2. The van der Waals surface area contributed by atoms with E-state index in [0.717, 1.165) is 16.9 Å². The molecule has 0 aromatic heterocycles. The number of nitrogens with one attached hydrogen (secondary N) is 1. The van der Waals surface area contributed by atoms with Crippen molar-refractivity contribution in [3.8, 4) is 11.5 Å². The third-order valence-electron chi connectivity index (χ3n) is 4.81. The summed E-state index contributed by atoms with van der Waals surface area (Å²) in [5, 5.41) is 3.56. The quantitative estimate of drug-likeness (QED) is 0.438. The first kappa shape index (κ1) is 22.7. The summed E-state index contributed by atoms with van der Waals surface area (Å²) < 4.78 is 11.7. The standard InChI is InChI=1S/C26H28ClNO3/c1-26(2,3)22-9-5-7-11-24(22)30-17-16-28-25(29)19-12-14-21(15-13-19)31-18-20-8-4-6-10-23(20)27/h4-15H,16-18H2,1-3H3,(H,28,29). The summed E-state index contributed by atoms with van der Waals surface area (Å²) in [7, 11) is 0. The van der Waals surface area contributed by atoms with Gasteiger partial charge in [-0.05, 0) is 47.4 Å². The number of hydrogen-bond acceptors (Lipinski definition) is 3. The highest BCUT2D eigenvalue weighted by molar-refractivity contribution is 6.31. The Kier molecular flexibility index (Phi) is 7.59. The van der Waals surface area contributed by atoms with Gasteiger partial charge in [-0.25, -0.2) is 0 Å². The molecule has 1 amide bonds. The summed E-state index contributed by atoms with van der Waals surface area (Å²) in [6.45, 7) is 7.65. The average molecular weight is 438 g/mol. The summed E-state index contributed by atoms with van der Waals surface area (Å²) in [5.74, 6) is 1.38. The van der Waals surface area contributed by atoms with E-state index in [2.05, 4.69) is 32.2 Å². The topological polar surface area (TPSA) is 47.6 Å². The third kappa shape index (κ3) is 6.50. The number of benzene rings is 3. The molecular weight excluding hydrogens is 410 g/mol. The highest BCUT2D eigenvalue weighted by Gasteiger charge is 2.18. The zero-order chi connectivity index (χ0) is 22.3. The normalized spacial score (nSPS) is 11.1. The molecule has 0 aliphatic heterocycles. The molecule has 0 aliphatic rings. The van der Waals surface area contributed by atoms with E-state index < -0.39 is 0 Å². The van der Waals surface area contributed by atoms with Crippen LogP contribution in [0.4, 0.5) is 0 Å². The second-order valence-electron chi connectivity index (χ2n) is 8.25. The van der Waals surface area contributed by atoms with Gasteiger partial charge in [0.05, 0.1) is 6.54 Å². The Hall–Kier alpha value is -2.98. The number of hydrogen-bond donors (Lipinski definition) is 1. The summed E-state index contributed by atoms with van der Waals surface area (Å²) in [4.78, 5) is 12.4. The minimum absolute atomic E-state index is 0.00446. The molecule has 0 heterocycles. The summed E-state index contributed by atoms with van der Waals surface area (Å²) in [6, 6.07) is 22.6. The van der Waals surface area contributed by atoms with Crippen LogP contribution in [0.2, 0.25) is 5.02 Å². The molecule has 3 rings (SSSR count). The molecule has 0 bridgehead atoms. The monoisotopic (exact) mass is 437 g/mol. The van der Waals surface area contributed by atoms with Gasteiger partial charge < -0.3 is 14.8 Å². The lowest BCUT2D eigenvalue weighted by Gasteiger charge is -2.22.